The van der Waals surface area contributed by atoms with Crippen LogP contribution in [-0.2, 0) is 9.53 Å². The molecule has 2 aliphatic rings. The van der Waals surface area contributed by atoms with Gasteiger partial charge in [-0.05, 0) is 26.2 Å². The summed E-state index contributed by atoms with van der Waals surface area (Å²) < 4.78 is 5.30. The number of carboxylic acids is 1. The van der Waals surface area contributed by atoms with Gasteiger partial charge in [-0.15, -0.1) is 0 Å². The van der Waals surface area contributed by atoms with Gasteiger partial charge in [-0.3, -0.25) is 4.79 Å². The van der Waals surface area contributed by atoms with Gasteiger partial charge in [-0.25, -0.2) is 4.79 Å². The van der Waals surface area contributed by atoms with Gasteiger partial charge in [0.15, 0.2) is 0 Å². The van der Waals surface area contributed by atoms with Crippen LogP contribution in [0.2, 0.25) is 0 Å². The predicted octanol–water partition coefficient (Wildman–Crippen LogP) is 0.670. The van der Waals surface area contributed by atoms with Gasteiger partial charge in [0, 0.05) is 19.2 Å². The van der Waals surface area contributed by atoms with E-state index in [4.69, 9.17) is 9.84 Å². The highest BCUT2D eigenvalue weighted by Gasteiger charge is 2.38. The second kappa shape index (κ2) is 5.56. The maximum atomic E-state index is 12.1. The monoisotopic (exact) mass is 256 g/mol. The van der Waals surface area contributed by atoms with Gasteiger partial charge >= 0.3 is 12.0 Å². The standard InChI is InChI=1S/C12H20N2O4/c1-8-10(11(15)16)4-5-14(8)12(17)13-9-3-2-6-18-7-9/h8-10H,2-7H2,1H3,(H,13,17)(H,15,16). The first kappa shape index (κ1) is 13.1. The molecule has 0 aromatic heterocycles. The predicted molar refractivity (Wildman–Crippen MR) is 64.3 cm³/mol. The molecule has 2 fully saturated rings. The van der Waals surface area contributed by atoms with E-state index in [-0.39, 0.29) is 18.1 Å². The van der Waals surface area contributed by atoms with Gasteiger partial charge in [0.1, 0.15) is 0 Å². The number of hydrogen-bond acceptors (Lipinski definition) is 3. The lowest BCUT2D eigenvalue weighted by Gasteiger charge is -2.28. The summed E-state index contributed by atoms with van der Waals surface area (Å²) in [4.78, 5) is 24.7. The van der Waals surface area contributed by atoms with Gasteiger partial charge < -0.3 is 20.1 Å². The molecule has 3 atom stereocenters. The molecule has 2 saturated heterocycles. The number of nitrogens with one attached hydrogen (secondary N) is 1. The normalized spacial score (nSPS) is 32.3. The van der Waals surface area contributed by atoms with Crippen molar-refractivity contribution in [2.45, 2.75) is 38.3 Å². The minimum Gasteiger partial charge on any atom is -0.481 e. The van der Waals surface area contributed by atoms with Crippen molar-refractivity contribution in [1.29, 1.82) is 0 Å². The number of amides is 2. The molecule has 6 heteroatoms. The van der Waals surface area contributed by atoms with E-state index in [1.165, 1.54) is 0 Å². The number of hydrogen-bond donors (Lipinski definition) is 2. The summed E-state index contributed by atoms with van der Waals surface area (Å²) >= 11 is 0. The van der Waals surface area contributed by atoms with Crippen molar-refractivity contribution in [2.75, 3.05) is 19.8 Å². The molecule has 0 spiro atoms. The average Bonchev–Trinajstić information content (AvgIpc) is 2.72. The molecule has 102 valence electrons. The summed E-state index contributed by atoms with van der Waals surface area (Å²) in [6, 6.07) is -0.351. The molecule has 0 aromatic rings. The number of ether oxygens (including phenoxy) is 1. The summed E-state index contributed by atoms with van der Waals surface area (Å²) in [7, 11) is 0. The minimum absolute atomic E-state index is 0.0577. The Bertz CT molecular complexity index is 328. The van der Waals surface area contributed by atoms with Crippen LogP contribution in [0, 0.1) is 5.92 Å². The zero-order chi connectivity index (χ0) is 13.1. The number of carboxylic acid groups (broad SMARTS) is 1. The maximum Gasteiger partial charge on any atom is 0.317 e. The zero-order valence-electron chi connectivity index (χ0n) is 10.6. The van der Waals surface area contributed by atoms with Crippen molar-refractivity contribution in [3.8, 4) is 0 Å². The van der Waals surface area contributed by atoms with E-state index < -0.39 is 11.9 Å². The Morgan fingerprint density at radius 2 is 2.17 bits per heavy atom. The molecule has 18 heavy (non-hydrogen) atoms. The van der Waals surface area contributed by atoms with Gasteiger partial charge in [0.05, 0.1) is 18.6 Å². The lowest BCUT2D eigenvalue weighted by molar-refractivity contribution is -0.142. The number of nitrogens with zero attached hydrogens (tertiary/aromatic N) is 1. The Morgan fingerprint density at radius 3 is 2.72 bits per heavy atom. The molecule has 2 rings (SSSR count). The van der Waals surface area contributed by atoms with Crippen LogP contribution in [0.5, 0.6) is 0 Å². The van der Waals surface area contributed by atoms with Crippen LogP contribution in [0.25, 0.3) is 0 Å². The summed E-state index contributed by atoms with van der Waals surface area (Å²) in [6.45, 7) is 3.62. The number of carbonyl (C=O) groups excluding carboxylic acids is 1. The van der Waals surface area contributed by atoms with Crippen molar-refractivity contribution >= 4 is 12.0 Å². The Hall–Kier alpha value is -1.30. The molecule has 0 bridgehead atoms. The zero-order valence-corrected chi connectivity index (χ0v) is 10.6. The molecular weight excluding hydrogens is 236 g/mol. The molecule has 6 nitrogen and oxygen atoms in total. The van der Waals surface area contributed by atoms with Crippen molar-refractivity contribution < 1.29 is 19.4 Å². The highest BCUT2D eigenvalue weighted by molar-refractivity contribution is 5.78. The molecule has 2 aliphatic heterocycles. The minimum atomic E-state index is -0.821. The van der Waals surface area contributed by atoms with Crippen LogP contribution in [0.4, 0.5) is 4.79 Å². The fourth-order valence-corrected chi connectivity index (χ4v) is 2.67. The molecule has 2 heterocycles. The first-order chi connectivity index (χ1) is 8.59. The third-order valence-corrected chi connectivity index (χ3v) is 3.82. The van der Waals surface area contributed by atoms with Crippen LogP contribution < -0.4 is 5.32 Å². The molecular formula is C12H20N2O4. The van der Waals surface area contributed by atoms with Gasteiger partial charge in [-0.2, -0.15) is 0 Å². The first-order valence-corrected chi connectivity index (χ1v) is 6.47. The average molecular weight is 256 g/mol. The molecule has 0 radical (unpaired) electrons. The van der Waals surface area contributed by atoms with Gasteiger partial charge in [-0.1, -0.05) is 0 Å². The third-order valence-electron chi connectivity index (χ3n) is 3.82. The van der Waals surface area contributed by atoms with Crippen LogP contribution in [-0.4, -0.2) is 53.8 Å². The van der Waals surface area contributed by atoms with Crippen molar-refractivity contribution in [2.24, 2.45) is 5.92 Å². The number of urea groups is 1. The highest BCUT2D eigenvalue weighted by atomic mass is 16.5. The van der Waals surface area contributed by atoms with E-state index >= 15 is 0 Å². The van der Waals surface area contributed by atoms with Gasteiger partial charge in [0.25, 0.3) is 0 Å². The Kier molecular flexibility index (Phi) is 4.06. The van der Waals surface area contributed by atoms with E-state index in [1.807, 2.05) is 0 Å². The maximum absolute atomic E-state index is 12.1. The summed E-state index contributed by atoms with van der Waals surface area (Å²) in [5, 5.41) is 11.9. The Labute approximate surface area is 106 Å². The SMILES string of the molecule is CC1C(C(=O)O)CCN1C(=O)NC1CCCOC1. The van der Waals surface area contributed by atoms with Crippen molar-refractivity contribution in [3.63, 3.8) is 0 Å². The van der Waals surface area contributed by atoms with Crippen LogP contribution >= 0.6 is 0 Å². The summed E-state index contributed by atoms with van der Waals surface area (Å²) in [5.41, 5.74) is 0. The van der Waals surface area contributed by atoms with E-state index in [2.05, 4.69) is 5.32 Å². The molecule has 0 aliphatic carbocycles. The summed E-state index contributed by atoms with van der Waals surface area (Å²) in [5.74, 6) is -1.27. The smallest absolute Gasteiger partial charge is 0.317 e. The van der Waals surface area contributed by atoms with E-state index in [9.17, 15) is 9.59 Å². The Morgan fingerprint density at radius 1 is 1.39 bits per heavy atom. The number of aliphatic carboxylic acids is 1. The second-order valence-corrected chi connectivity index (χ2v) is 5.03. The van der Waals surface area contributed by atoms with Gasteiger partial charge in [0.2, 0.25) is 0 Å². The topological polar surface area (TPSA) is 78.9 Å². The third kappa shape index (κ3) is 2.75. The largest absolute Gasteiger partial charge is 0.481 e. The van der Waals surface area contributed by atoms with Crippen molar-refractivity contribution in [3.05, 3.63) is 0 Å². The quantitative estimate of drug-likeness (QED) is 0.761. The molecule has 0 aromatic carbocycles. The fourth-order valence-electron chi connectivity index (χ4n) is 2.67. The molecule has 0 saturated carbocycles. The lowest BCUT2D eigenvalue weighted by Crippen LogP contribution is -2.49. The molecule has 3 unspecified atom stereocenters. The van der Waals surface area contributed by atoms with Crippen molar-refractivity contribution in [1.82, 2.24) is 10.2 Å². The second-order valence-electron chi connectivity index (χ2n) is 5.03. The van der Waals surface area contributed by atoms with Crippen LogP contribution in [0.3, 0.4) is 0 Å². The van der Waals surface area contributed by atoms with Crippen LogP contribution in [0.15, 0.2) is 0 Å². The highest BCUT2D eigenvalue weighted by Crippen LogP contribution is 2.24. The van der Waals surface area contributed by atoms with E-state index in [0.717, 1.165) is 19.4 Å². The number of rotatable bonds is 2. The number of likely N-dealkylation sites (tertiary alicyclic amines) is 1. The lowest BCUT2D eigenvalue weighted by atomic mass is 10.0. The molecule has 2 N–H and O–H groups in total. The Balaban J connectivity index is 1.87. The summed E-state index contributed by atoms with van der Waals surface area (Å²) in [6.07, 6.45) is 2.42. The first-order valence-electron chi connectivity index (χ1n) is 6.47. The van der Waals surface area contributed by atoms with E-state index in [0.29, 0.717) is 19.6 Å². The number of carbonyl (C=O) groups is 2. The fraction of sp³-hybridized carbons (Fsp3) is 0.833. The molecule has 2 amide bonds. The van der Waals surface area contributed by atoms with E-state index in [1.54, 1.807) is 11.8 Å². The van der Waals surface area contributed by atoms with Crippen LogP contribution in [0.1, 0.15) is 26.2 Å².